The van der Waals surface area contributed by atoms with Crippen molar-refractivity contribution in [3.63, 3.8) is 0 Å². The van der Waals surface area contributed by atoms with Crippen LogP contribution in [0.5, 0.6) is 0 Å². The third-order valence-corrected chi connectivity index (χ3v) is 4.41. The van der Waals surface area contributed by atoms with Gasteiger partial charge < -0.3 is 0 Å². The minimum absolute atomic E-state index is 0.0399. The smallest absolute Gasteiger partial charge is 0.0653 e. The van der Waals surface area contributed by atoms with Gasteiger partial charge in [0.05, 0.1) is 5.38 Å². The Kier molecular flexibility index (Phi) is 5.67. The van der Waals surface area contributed by atoms with Crippen molar-refractivity contribution < 1.29 is 0 Å². The molecule has 2 atom stereocenters. The molecule has 0 aromatic heterocycles. The number of hydrogen-bond donors (Lipinski definition) is 0. The average Bonchev–Trinajstić information content (AvgIpc) is 2.50. The maximum Gasteiger partial charge on any atom is 0.0653 e. The van der Waals surface area contributed by atoms with Gasteiger partial charge in [-0.05, 0) is 29.5 Å². The van der Waals surface area contributed by atoms with Crippen molar-refractivity contribution >= 4 is 11.6 Å². The van der Waals surface area contributed by atoms with E-state index in [4.69, 9.17) is 11.6 Å². The summed E-state index contributed by atoms with van der Waals surface area (Å²) in [6.45, 7) is 4.42. The SMILES string of the molecule is CCCc1ccc(C(Cl)C(CC)c2ccccc2)cc1. The lowest BCUT2D eigenvalue weighted by molar-refractivity contribution is 0.640. The molecule has 2 unspecified atom stereocenters. The highest BCUT2D eigenvalue weighted by Gasteiger charge is 2.20. The van der Waals surface area contributed by atoms with Crippen molar-refractivity contribution in [2.24, 2.45) is 0 Å². The molecule has 0 heterocycles. The van der Waals surface area contributed by atoms with E-state index in [-0.39, 0.29) is 5.38 Å². The molecule has 0 fully saturated rings. The molecule has 0 N–H and O–H groups in total. The van der Waals surface area contributed by atoms with Crippen molar-refractivity contribution in [1.82, 2.24) is 0 Å². The topological polar surface area (TPSA) is 0 Å². The molecule has 2 aromatic carbocycles. The van der Waals surface area contributed by atoms with E-state index in [1.807, 2.05) is 0 Å². The van der Waals surface area contributed by atoms with E-state index in [9.17, 15) is 0 Å². The lowest BCUT2D eigenvalue weighted by Gasteiger charge is -2.22. The molecular formula is C19H23Cl. The van der Waals surface area contributed by atoms with Crippen LogP contribution in [0.1, 0.15) is 54.7 Å². The van der Waals surface area contributed by atoms with Crippen molar-refractivity contribution in [1.29, 1.82) is 0 Å². The number of alkyl halides is 1. The predicted molar refractivity (Wildman–Crippen MR) is 88.5 cm³/mol. The van der Waals surface area contributed by atoms with Gasteiger partial charge in [0.15, 0.2) is 0 Å². The minimum atomic E-state index is 0.0399. The molecule has 106 valence electrons. The Hall–Kier alpha value is -1.27. The second kappa shape index (κ2) is 7.50. The van der Waals surface area contributed by atoms with Gasteiger partial charge in [-0.1, -0.05) is 74.9 Å². The molecule has 0 bridgehead atoms. The highest BCUT2D eigenvalue weighted by Crippen LogP contribution is 2.38. The lowest BCUT2D eigenvalue weighted by Crippen LogP contribution is -2.05. The molecule has 0 saturated heterocycles. The number of hydrogen-bond acceptors (Lipinski definition) is 0. The van der Waals surface area contributed by atoms with Gasteiger partial charge in [0.25, 0.3) is 0 Å². The highest BCUT2D eigenvalue weighted by atomic mass is 35.5. The first-order valence-corrected chi connectivity index (χ1v) is 7.97. The predicted octanol–water partition coefficient (Wildman–Crippen LogP) is 6.11. The molecule has 1 heteroatoms. The van der Waals surface area contributed by atoms with Crippen LogP contribution in [-0.4, -0.2) is 0 Å². The van der Waals surface area contributed by atoms with Gasteiger partial charge in [0.2, 0.25) is 0 Å². The van der Waals surface area contributed by atoms with Gasteiger partial charge in [-0.15, -0.1) is 11.6 Å². The lowest BCUT2D eigenvalue weighted by atomic mass is 9.89. The van der Waals surface area contributed by atoms with E-state index >= 15 is 0 Å². The molecule has 0 aliphatic carbocycles. The van der Waals surface area contributed by atoms with Gasteiger partial charge in [0, 0.05) is 5.92 Å². The van der Waals surface area contributed by atoms with E-state index < -0.39 is 0 Å². The Morgan fingerprint density at radius 1 is 0.850 bits per heavy atom. The Bertz CT molecular complexity index is 501. The van der Waals surface area contributed by atoms with Crippen LogP contribution >= 0.6 is 11.6 Å². The summed E-state index contributed by atoms with van der Waals surface area (Å²) in [4.78, 5) is 0. The van der Waals surface area contributed by atoms with Crippen LogP contribution in [0.2, 0.25) is 0 Å². The number of aryl methyl sites for hydroxylation is 1. The minimum Gasteiger partial charge on any atom is -0.117 e. The Morgan fingerprint density at radius 3 is 2.05 bits per heavy atom. The molecule has 0 aliphatic rings. The van der Waals surface area contributed by atoms with Crippen LogP contribution in [0.4, 0.5) is 0 Å². The fourth-order valence-corrected chi connectivity index (χ4v) is 3.17. The zero-order chi connectivity index (χ0) is 14.4. The van der Waals surface area contributed by atoms with Crippen LogP contribution in [-0.2, 0) is 6.42 Å². The molecule has 0 nitrogen and oxygen atoms in total. The molecule has 2 aromatic rings. The molecule has 0 saturated carbocycles. The van der Waals surface area contributed by atoms with Gasteiger partial charge in [-0.3, -0.25) is 0 Å². The summed E-state index contributed by atoms with van der Waals surface area (Å²) in [5.41, 5.74) is 3.95. The van der Waals surface area contributed by atoms with Crippen molar-refractivity contribution in [3.8, 4) is 0 Å². The quantitative estimate of drug-likeness (QED) is 0.562. The monoisotopic (exact) mass is 286 g/mol. The molecule has 0 amide bonds. The first-order valence-electron chi connectivity index (χ1n) is 7.54. The zero-order valence-electron chi connectivity index (χ0n) is 12.4. The first-order chi connectivity index (χ1) is 9.76. The maximum absolute atomic E-state index is 6.74. The summed E-state index contributed by atoms with van der Waals surface area (Å²) < 4.78 is 0. The third-order valence-electron chi connectivity index (χ3n) is 3.86. The van der Waals surface area contributed by atoms with E-state index in [1.54, 1.807) is 0 Å². The second-order valence-corrected chi connectivity index (χ2v) is 5.79. The van der Waals surface area contributed by atoms with Gasteiger partial charge in [0.1, 0.15) is 0 Å². The van der Waals surface area contributed by atoms with E-state index in [1.165, 1.54) is 23.1 Å². The number of halogens is 1. The van der Waals surface area contributed by atoms with Gasteiger partial charge >= 0.3 is 0 Å². The maximum atomic E-state index is 6.74. The Labute approximate surface area is 127 Å². The average molecular weight is 287 g/mol. The number of benzene rings is 2. The molecule has 2 rings (SSSR count). The fourth-order valence-electron chi connectivity index (χ4n) is 2.70. The summed E-state index contributed by atoms with van der Waals surface area (Å²) >= 11 is 6.74. The summed E-state index contributed by atoms with van der Waals surface area (Å²) in [5.74, 6) is 0.370. The number of rotatable bonds is 6. The molecular weight excluding hydrogens is 264 g/mol. The fraction of sp³-hybridized carbons (Fsp3) is 0.368. The van der Waals surface area contributed by atoms with E-state index in [0.29, 0.717) is 5.92 Å². The van der Waals surface area contributed by atoms with Crippen molar-refractivity contribution in [2.75, 3.05) is 0 Å². The standard InChI is InChI=1S/C19H23Cl/c1-3-8-15-11-13-17(14-12-15)19(20)18(4-2)16-9-6-5-7-10-16/h5-7,9-14,18-19H,3-4,8H2,1-2H3. The molecule has 0 aliphatic heterocycles. The molecule has 20 heavy (non-hydrogen) atoms. The van der Waals surface area contributed by atoms with Crippen LogP contribution in [0.3, 0.4) is 0 Å². The molecule has 0 radical (unpaired) electrons. The highest BCUT2D eigenvalue weighted by molar-refractivity contribution is 6.21. The van der Waals surface area contributed by atoms with Crippen molar-refractivity contribution in [3.05, 3.63) is 71.3 Å². The van der Waals surface area contributed by atoms with E-state index in [2.05, 4.69) is 68.4 Å². The van der Waals surface area contributed by atoms with Crippen LogP contribution in [0.25, 0.3) is 0 Å². The van der Waals surface area contributed by atoms with Crippen LogP contribution in [0, 0.1) is 0 Å². The van der Waals surface area contributed by atoms with E-state index in [0.717, 1.165) is 12.8 Å². The third kappa shape index (κ3) is 3.64. The van der Waals surface area contributed by atoms with Gasteiger partial charge in [-0.25, -0.2) is 0 Å². The first kappa shape index (κ1) is 15.1. The summed E-state index contributed by atoms with van der Waals surface area (Å²) in [6.07, 6.45) is 3.38. The Morgan fingerprint density at radius 2 is 1.50 bits per heavy atom. The van der Waals surface area contributed by atoms with Crippen LogP contribution < -0.4 is 0 Å². The van der Waals surface area contributed by atoms with Gasteiger partial charge in [-0.2, -0.15) is 0 Å². The van der Waals surface area contributed by atoms with Crippen LogP contribution in [0.15, 0.2) is 54.6 Å². The van der Waals surface area contributed by atoms with Crippen molar-refractivity contribution in [2.45, 2.75) is 44.4 Å². The zero-order valence-corrected chi connectivity index (χ0v) is 13.1. The largest absolute Gasteiger partial charge is 0.117 e. The molecule has 0 spiro atoms. The normalized spacial score (nSPS) is 13.9. The second-order valence-electron chi connectivity index (χ2n) is 5.32. The summed E-state index contributed by atoms with van der Waals surface area (Å²) in [7, 11) is 0. The Balaban J connectivity index is 2.18. The summed E-state index contributed by atoms with van der Waals surface area (Å²) in [6, 6.07) is 19.4. The summed E-state index contributed by atoms with van der Waals surface area (Å²) in [5, 5.41) is 0.0399.